The van der Waals surface area contributed by atoms with E-state index in [-0.39, 0.29) is 0 Å². The molecule has 0 radical (unpaired) electrons. The van der Waals surface area contributed by atoms with Crippen molar-refractivity contribution in [2.75, 3.05) is 9.80 Å². The molecule has 50 heavy (non-hydrogen) atoms. The molecular weight excluding hydrogens is 620 g/mol. The predicted octanol–water partition coefficient (Wildman–Crippen LogP) is 11.9. The summed E-state index contributed by atoms with van der Waals surface area (Å²) in [5.41, 5.74) is 6.22. The molecule has 0 atom stereocenters. The molecule has 0 saturated carbocycles. The maximum atomic E-state index is 6.12. The molecule has 0 amide bonds. The minimum absolute atomic E-state index is 0.692. The van der Waals surface area contributed by atoms with Crippen LogP contribution in [0, 0.1) is 0 Å². The van der Waals surface area contributed by atoms with Gasteiger partial charge in [-0.2, -0.15) is 0 Å². The summed E-state index contributed by atoms with van der Waals surface area (Å²) in [6.45, 7) is 7.70. The standard InChI is InChI=1S/C44H36N2O4/c1-43(2)47-39-23-19-35(27-41(39)49-43)45(31-11-7-5-8-12-31)33-17-21-37-29(25-33)15-16-30-26-34(18-22-38(30)37)46(32-13-9-6-10-14-32)36-20-24-40-42(28-36)50-44(3,4)48-40/h5-28H,1-4H3. The van der Waals surface area contributed by atoms with Gasteiger partial charge in [-0.1, -0.05) is 60.7 Å². The molecule has 6 nitrogen and oxygen atoms in total. The van der Waals surface area contributed by atoms with Gasteiger partial charge < -0.3 is 28.7 Å². The fourth-order valence-corrected chi connectivity index (χ4v) is 7.07. The molecule has 0 unspecified atom stereocenters. The first-order valence-corrected chi connectivity index (χ1v) is 16.9. The Bertz CT molecular complexity index is 2240. The van der Waals surface area contributed by atoms with E-state index >= 15 is 0 Å². The van der Waals surface area contributed by atoms with E-state index in [4.69, 9.17) is 18.9 Å². The molecule has 0 aliphatic carbocycles. The average molecular weight is 657 g/mol. The highest BCUT2D eigenvalue weighted by Crippen LogP contribution is 2.47. The highest BCUT2D eigenvalue weighted by Gasteiger charge is 2.33. The third-order valence-corrected chi connectivity index (χ3v) is 9.14. The molecule has 2 aliphatic heterocycles. The second kappa shape index (κ2) is 11.2. The van der Waals surface area contributed by atoms with Crippen LogP contribution in [0.3, 0.4) is 0 Å². The first-order chi connectivity index (χ1) is 24.2. The van der Waals surface area contributed by atoms with Crippen molar-refractivity contribution in [2.24, 2.45) is 0 Å². The first kappa shape index (κ1) is 30.0. The van der Waals surface area contributed by atoms with E-state index in [1.165, 1.54) is 10.8 Å². The van der Waals surface area contributed by atoms with Crippen LogP contribution in [-0.4, -0.2) is 11.6 Å². The maximum Gasteiger partial charge on any atom is 0.246 e. The summed E-state index contributed by atoms with van der Waals surface area (Å²) in [5.74, 6) is 1.61. The smallest absolute Gasteiger partial charge is 0.246 e. The fraction of sp³-hybridized carbons (Fsp3) is 0.136. The van der Waals surface area contributed by atoms with Crippen molar-refractivity contribution in [1.82, 2.24) is 0 Å². The molecule has 0 aromatic heterocycles. The largest absolute Gasteiger partial charge is 0.449 e. The minimum Gasteiger partial charge on any atom is -0.449 e. The van der Waals surface area contributed by atoms with Crippen LogP contribution in [0.1, 0.15) is 27.7 Å². The molecule has 0 N–H and O–H groups in total. The van der Waals surface area contributed by atoms with E-state index in [1.807, 2.05) is 52.0 Å². The Morgan fingerprint density at radius 2 is 0.700 bits per heavy atom. The molecule has 7 aromatic carbocycles. The number of hydrogen-bond donors (Lipinski definition) is 0. The normalized spacial score (nSPS) is 15.0. The van der Waals surface area contributed by atoms with Crippen LogP contribution in [0.15, 0.2) is 146 Å². The Morgan fingerprint density at radius 3 is 1.12 bits per heavy atom. The Kier molecular flexibility index (Phi) is 6.71. The van der Waals surface area contributed by atoms with Gasteiger partial charge in [0, 0.05) is 62.6 Å². The number of hydrogen-bond acceptors (Lipinski definition) is 6. The average Bonchev–Trinajstić information content (AvgIpc) is 3.61. The van der Waals surface area contributed by atoms with Crippen LogP contribution in [0.25, 0.3) is 21.5 Å². The van der Waals surface area contributed by atoms with Gasteiger partial charge in [0.05, 0.1) is 11.4 Å². The van der Waals surface area contributed by atoms with Gasteiger partial charge in [-0.25, -0.2) is 0 Å². The number of nitrogens with zero attached hydrogens (tertiary/aromatic N) is 2. The van der Waals surface area contributed by atoms with Gasteiger partial charge in [0.2, 0.25) is 11.6 Å². The number of fused-ring (bicyclic) bond motifs is 5. The molecule has 7 aromatic rings. The number of benzene rings is 7. The van der Waals surface area contributed by atoms with E-state index in [0.717, 1.165) is 67.9 Å². The van der Waals surface area contributed by atoms with Gasteiger partial charge in [-0.3, -0.25) is 0 Å². The summed E-state index contributed by atoms with van der Waals surface area (Å²) in [6.07, 6.45) is 0. The highest BCUT2D eigenvalue weighted by molar-refractivity contribution is 6.09. The molecular formula is C44H36N2O4. The molecule has 0 fully saturated rings. The number of anilines is 6. The Labute approximate surface area is 291 Å². The summed E-state index contributed by atoms with van der Waals surface area (Å²) in [6, 6.07) is 50.9. The van der Waals surface area contributed by atoms with Gasteiger partial charge in [-0.15, -0.1) is 0 Å². The van der Waals surface area contributed by atoms with E-state index in [0.29, 0.717) is 0 Å². The van der Waals surface area contributed by atoms with Crippen LogP contribution in [0.4, 0.5) is 34.1 Å². The predicted molar refractivity (Wildman–Crippen MR) is 201 cm³/mol. The van der Waals surface area contributed by atoms with Crippen molar-refractivity contribution in [1.29, 1.82) is 0 Å². The van der Waals surface area contributed by atoms with Crippen molar-refractivity contribution >= 4 is 55.7 Å². The Hall–Kier alpha value is -6.14. The third-order valence-electron chi connectivity index (χ3n) is 9.14. The Morgan fingerprint density at radius 1 is 0.340 bits per heavy atom. The van der Waals surface area contributed by atoms with Gasteiger partial charge >= 0.3 is 0 Å². The summed E-state index contributed by atoms with van der Waals surface area (Å²) in [4.78, 5) is 4.51. The summed E-state index contributed by atoms with van der Waals surface area (Å²) in [5, 5.41) is 4.69. The van der Waals surface area contributed by atoms with Crippen LogP contribution < -0.4 is 28.7 Å². The van der Waals surface area contributed by atoms with Crippen LogP contribution in [0.2, 0.25) is 0 Å². The van der Waals surface area contributed by atoms with Crippen molar-refractivity contribution in [2.45, 2.75) is 39.3 Å². The fourth-order valence-electron chi connectivity index (χ4n) is 7.07. The van der Waals surface area contributed by atoms with Crippen molar-refractivity contribution in [3.05, 3.63) is 146 Å². The van der Waals surface area contributed by atoms with Gasteiger partial charge in [0.15, 0.2) is 23.0 Å². The third kappa shape index (κ3) is 5.30. The molecule has 246 valence electrons. The zero-order chi connectivity index (χ0) is 34.0. The zero-order valence-corrected chi connectivity index (χ0v) is 28.4. The lowest BCUT2D eigenvalue weighted by atomic mass is 10.00. The first-order valence-electron chi connectivity index (χ1n) is 16.9. The molecule has 0 saturated heterocycles. The SMILES string of the molecule is CC1(C)Oc2ccc(N(c3ccccc3)c3ccc4c(ccc5cc(N(c6ccccc6)c6ccc7c(c6)OC(C)(C)O7)ccc54)c3)cc2O1. The summed E-state index contributed by atoms with van der Waals surface area (Å²) in [7, 11) is 0. The van der Waals surface area contributed by atoms with Crippen molar-refractivity contribution in [3.63, 3.8) is 0 Å². The van der Waals surface area contributed by atoms with Crippen molar-refractivity contribution in [3.8, 4) is 23.0 Å². The molecule has 9 rings (SSSR count). The number of ether oxygens (including phenoxy) is 4. The topological polar surface area (TPSA) is 43.4 Å². The highest BCUT2D eigenvalue weighted by atomic mass is 16.7. The van der Waals surface area contributed by atoms with Gasteiger partial charge in [0.25, 0.3) is 0 Å². The van der Waals surface area contributed by atoms with E-state index in [2.05, 4.69) is 131 Å². The lowest BCUT2D eigenvalue weighted by Crippen LogP contribution is -2.29. The number of rotatable bonds is 6. The molecule has 6 heteroatoms. The Balaban J connectivity index is 1.12. The maximum absolute atomic E-state index is 6.12. The lowest BCUT2D eigenvalue weighted by molar-refractivity contribution is -0.0437. The second-order valence-corrected chi connectivity index (χ2v) is 13.7. The monoisotopic (exact) mass is 656 g/mol. The van der Waals surface area contributed by atoms with E-state index < -0.39 is 11.6 Å². The molecule has 0 bridgehead atoms. The van der Waals surface area contributed by atoms with Gasteiger partial charge in [-0.05, 0) is 94.3 Å². The molecule has 2 aliphatic rings. The second-order valence-electron chi connectivity index (χ2n) is 13.7. The lowest BCUT2D eigenvalue weighted by Gasteiger charge is -2.26. The van der Waals surface area contributed by atoms with E-state index in [1.54, 1.807) is 0 Å². The van der Waals surface area contributed by atoms with Crippen LogP contribution >= 0.6 is 0 Å². The van der Waals surface area contributed by atoms with Crippen molar-refractivity contribution < 1.29 is 18.9 Å². The summed E-state index contributed by atoms with van der Waals surface area (Å²) >= 11 is 0. The number of para-hydroxylation sites is 2. The van der Waals surface area contributed by atoms with Crippen LogP contribution in [0.5, 0.6) is 23.0 Å². The zero-order valence-electron chi connectivity index (χ0n) is 28.4. The van der Waals surface area contributed by atoms with Crippen LogP contribution in [-0.2, 0) is 0 Å². The van der Waals surface area contributed by atoms with E-state index in [9.17, 15) is 0 Å². The summed E-state index contributed by atoms with van der Waals surface area (Å²) < 4.78 is 24.2. The molecule has 2 heterocycles. The molecule has 0 spiro atoms. The minimum atomic E-state index is -0.692. The quantitative estimate of drug-likeness (QED) is 0.166. The van der Waals surface area contributed by atoms with Gasteiger partial charge in [0.1, 0.15) is 0 Å².